The summed E-state index contributed by atoms with van der Waals surface area (Å²) in [6.45, 7) is -0.164. The van der Waals surface area contributed by atoms with Crippen molar-refractivity contribution in [2.24, 2.45) is 0 Å². The van der Waals surface area contributed by atoms with Crippen LogP contribution >= 0.6 is 11.6 Å². The summed E-state index contributed by atoms with van der Waals surface area (Å²) in [6, 6.07) is 4.57. The van der Waals surface area contributed by atoms with E-state index in [1.807, 2.05) is 0 Å². The molecule has 0 fully saturated rings. The quantitative estimate of drug-likeness (QED) is 0.258. The summed E-state index contributed by atoms with van der Waals surface area (Å²) in [5, 5.41) is 14.7. The first-order valence-corrected chi connectivity index (χ1v) is 10.3. The van der Waals surface area contributed by atoms with E-state index in [0.717, 1.165) is 29.1 Å². The number of methoxy groups -OCH3 is 1. The molecule has 3 rings (SSSR count). The van der Waals surface area contributed by atoms with Gasteiger partial charge in [-0.3, -0.25) is 9.59 Å². The van der Waals surface area contributed by atoms with Gasteiger partial charge < -0.3 is 24.6 Å². The van der Waals surface area contributed by atoms with Crippen molar-refractivity contribution in [3.05, 3.63) is 74.9 Å². The number of alkyl halides is 3. The number of halogens is 5. The minimum absolute atomic E-state index is 0.105. The Morgan fingerprint density at radius 2 is 1.86 bits per heavy atom. The Morgan fingerprint density at radius 3 is 2.46 bits per heavy atom. The van der Waals surface area contributed by atoms with Crippen molar-refractivity contribution in [1.29, 1.82) is 0 Å². The third-order valence-corrected chi connectivity index (χ3v) is 4.71. The van der Waals surface area contributed by atoms with Crippen LogP contribution in [-0.2, 0) is 17.6 Å². The molecule has 9 nitrogen and oxygen atoms in total. The Balaban J connectivity index is 2.06. The van der Waals surface area contributed by atoms with Crippen LogP contribution in [0.1, 0.15) is 15.9 Å². The molecular weight excluding hydrogens is 523 g/mol. The zero-order valence-corrected chi connectivity index (χ0v) is 19.4. The number of benzene rings is 2. The molecule has 2 N–H and O–H groups in total. The minimum atomic E-state index is -4.95. The van der Waals surface area contributed by atoms with Crippen molar-refractivity contribution in [3.8, 4) is 17.2 Å². The number of nitrogens with one attached hydrogen (secondary N) is 1. The van der Waals surface area contributed by atoms with E-state index in [2.05, 4.69) is 10.4 Å². The van der Waals surface area contributed by atoms with Crippen LogP contribution in [0.4, 0.5) is 23.2 Å². The van der Waals surface area contributed by atoms with Crippen LogP contribution in [0, 0.1) is 5.82 Å². The highest BCUT2D eigenvalue weighted by atomic mass is 35.5. The monoisotopic (exact) mass is 537 g/mol. The van der Waals surface area contributed by atoms with Gasteiger partial charge in [0.15, 0.2) is 27.2 Å². The third-order valence-electron chi connectivity index (χ3n) is 4.40. The first-order valence-electron chi connectivity index (χ1n) is 9.92. The van der Waals surface area contributed by atoms with Gasteiger partial charge in [-0.05, 0) is 24.3 Å². The molecule has 0 unspecified atom stereocenters. The van der Waals surface area contributed by atoms with Crippen LogP contribution in [0.3, 0.4) is 0 Å². The number of aromatic nitrogens is 2. The highest BCUT2D eigenvalue weighted by molar-refractivity contribution is 6.37. The fourth-order valence-corrected chi connectivity index (χ4v) is 3.16. The van der Waals surface area contributed by atoms with Gasteiger partial charge in [0, 0.05) is 19.2 Å². The van der Waals surface area contributed by atoms with Crippen LogP contribution in [0.15, 0.2) is 47.4 Å². The van der Waals surface area contributed by atoms with Crippen molar-refractivity contribution in [2.75, 3.05) is 12.4 Å². The molecule has 4 radical (unpaired) electrons. The molecule has 16 heteroatoms. The second-order valence-corrected chi connectivity index (χ2v) is 7.73. The van der Waals surface area contributed by atoms with Crippen molar-refractivity contribution in [2.45, 2.75) is 18.5 Å². The van der Waals surface area contributed by atoms with Gasteiger partial charge >= 0.3 is 6.18 Å². The Kier molecular flexibility index (Phi) is 8.20. The van der Waals surface area contributed by atoms with Gasteiger partial charge in [-0.15, -0.1) is 0 Å². The number of carbonyl (C=O) groups excluding carboxylic acids is 1. The maximum atomic E-state index is 13.7. The summed E-state index contributed by atoms with van der Waals surface area (Å²) in [7, 11) is 11.6. The summed E-state index contributed by atoms with van der Waals surface area (Å²) < 4.78 is 70.2. The number of amides is 1. The molecule has 1 amide bonds. The molecule has 1 heterocycles. The number of nitrogens with zero attached hydrogens (tertiary/aromatic N) is 2. The Hall–Kier alpha value is -3.55. The topological polar surface area (TPSA) is 112 Å². The second-order valence-electron chi connectivity index (χ2n) is 7.33. The zero-order chi connectivity index (χ0) is 27.5. The summed E-state index contributed by atoms with van der Waals surface area (Å²) in [5.74, 6) is -3.72. The highest BCUT2D eigenvalue weighted by Gasteiger charge is 2.35. The molecular formula is C21H14B2ClF4N3O6. The normalized spacial score (nSPS) is 11.8. The lowest BCUT2D eigenvalue weighted by atomic mass is 9.76. The van der Waals surface area contributed by atoms with E-state index in [1.54, 1.807) is 0 Å². The van der Waals surface area contributed by atoms with Crippen LogP contribution in [-0.4, -0.2) is 49.2 Å². The van der Waals surface area contributed by atoms with E-state index in [-0.39, 0.29) is 12.4 Å². The number of aliphatic hydroxyl groups is 1. The fraction of sp³-hybridized carbons (Fsp3) is 0.190. The molecule has 190 valence electrons. The lowest BCUT2D eigenvalue weighted by Crippen LogP contribution is -2.36. The first-order chi connectivity index (χ1) is 17.2. The molecule has 3 aromatic rings. The predicted octanol–water partition coefficient (Wildman–Crippen LogP) is 3.02. The molecule has 0 aliphatic carbocycles. The highest BCUT2D eigenvalue weighted by Crippen LogP contribution is 2.41. The number of anilines is 1. The molecule has 0 aliphatic rings. The largest absolute Gasteiger partial charge is 0.478 e. The lowest BCUT2D eigenvalue weighted by Gasteiger charge is -2.23. The van der Waals surface area contributed by atoms with Gasteiger partial charge in [-0.1, -0.05) is 11.6 Å². The van der Waals surface area contributed by atoms with Gasteiger partial charge in [0.2, 0.25) is 0 Å². The Labute approximate surface area is 213 Å². The number of ether oxygens (including phenoxy) is 3. The summed E-state index contributed by atoms with van der Waals surface area (Å²) in [4.78, 5) is 25.0. The van der Waals surface area contributed by atoms with Crippen LogP contribution in [0.5, 0.6) is 17.2 Å². The standard InChI is InChI=1S/C21H14B2ClF4N3O6/c1-35-9-31-18(32)5-11(8-29-31)30-19(33)12-6-14(24)13(20(26,27)28)7-16(12)36-15-3-2-10(25)4-17(15)37-21(22,23)34/h2-8,34H,9H2,1H3,(H,30,33). The van der Waals surface area contributed by atoms with E-state index in [0.29, 0.717) is 18.2 Å². The van der Waals surface area contributed by atoms with Gasteiger partial charge in [0.1, 0.15) is 23.9 Å². The first kappa shape index (κ1) is 28.0. The summed E-state index contributed by atoms with van der Waals surface area (Å²) in [6.07, 6.45) is -3.85. The fourth-order valence-electron chi connectivity index (χ4n) is 2.89. The Morgan fingerprint density at radius 1 is 1.16 bits per heavy atom. The maximum absolute atomic E-state index is 13.7. The van der Waals surface area contributed by atoms with Crippen molar-refractivity contribution >= 4 is 38.9 Å². The van der Waals surface area contributed by atoms with E-state index in [4.69, 9.17) is 41.5 Å². The molecule has 37 heavy (non-hydrogen) atoms. The van der Waals surface area contributed by atoms with E-state index >= 15 is 0 Å². The molecule has 0 saturated carbocycles. The lowest BCUT2D eigenvalue weighted by molar-refractivity contribution is -0.137. The smallest absolute Gasteiger partial charge is 0.417 e. The van der Waals surface area contributed by atoms with Gasteiger partial charge in [0.05, 0.1) is 28.0 Å². The number of carbonyl (C=O) groups is 1. The number of hydrogen-bond acceptors (Lipinski definition) is 7. The molecule has 1 aromatic heterocycles. The minimum Gasteiger partial charge on any atom is -0.478 e. The molecule has 2 aromatic carbocycles. The van der Waals surface area contributed by atoms with Gasteiger partial charge in [-0.25, -0.2) is 9.07 Å². The van der Waals surface area contributed by atoms with Crippen LogP contribution < -0.4 is 20.3 Å². The number of hydrogen-bond donors (Lipinski definition) is 2. The van der Waals surface area contributed by atoms with Crippen molar-refractivity contribution in [1.82, 2.24) is 9.78 Å². The number of rotatable bonds is 8. The summed E-state index contributed by atoms with van der Waals surface area (Å²) >= 11 is 5.78. The Bertz CT molecular complexity index is 1380. The van der Waals surface area contributed by atoms with Crippen molar-refractivity contribution in [3.63, 3.8) is 0 Å². The maximum Gasteiger partial charge on any atom is 0.417 e. The molecule has 0 saturated heterocycles. The summed E-state index contributed by atoms with van der Waals surface area (Å²) in [5.41, 5.74) is -5.44. The predicted molar refractivity (Wildman–Crippen MR) is 123 cm³/mol. The van der Waals surface area contributed by atoms with Crippen LogP contribution in [0.2, 0.25) is 5.02 Å². The second kappa shape index (κ2) is 10.8. The molecule has 0 atom stereocenters. The van der Waals surface area contributed by atoms with Gasteiger partial charge in [-0.2, -0.15) is 18.3 Å². The van der Waals surface area contributed by atoms with Crippen molar-refractivity contribution < 1.29 is 41.7 Å². The van der Waals surface area contributed by atoms with E-state index < -0.39 is 62.4 Å². The average molecular weight is 537 g/mol. The third kappa shape index (κ3) is 7.24. The van der Waals surface area contributed by atoms with Crippen LogP contribution in [0.25, 0.3) is 0 Å². The zero-order valence-electron chi connectivity index (χ0n) is 18.7. The SMILES string of the molecule is [B]C([B])(O)Oc1cc(F)ccc1Oc1cc(C(F)(F)F)c(Cl)cc1C(=O)Nc1cnn(COC)c(=O)c1. The average Bonchev–Trinajstić information content (AvgIpc) is 2.76. The van der Waals surface area contributed by atoms with E-state index in [1.165, 1.54) is 7.11 Å². The van der Waals surface area contributed by atoms with Gasteiger partial charge in [0.25, 0.3) is 11.5 Å². The molecule has 0 spiro atoms. The molecule has 0 bridgehead atoms. The molecule has 0 aliphatic heterocycles. The van der Waals surface area contributed by atoms with E-state index in [9.17, 15) is 32.3 Å².